The Bertz CT molecular complexity index is 562. The van der Waals surface area contributed by atoms with Gasteiger partial charge in [0.25, 0.3) is 0 Å². The first kappa shape index (κ1) is 13.8. The maximum Gasteiger partial charge on any atom is 0.191 e. The van der Waals surface area contributed by atoms with Crippen LogP contribution in [0.5, 0.6) is 0 Å². The van der Waals surface area contributed by atoms with Gasteiger partial charge < -0.3 is 10.6 Å². The zero-order valence-corrected chi connectivity index (χ0v) is 12.3. The third-order valence-electron chi connectivity index (χ3n) is 2.56. The van der Waals surface area contributed by atoms with Crippen LogP contribution >= 0.6 is 22.9 Å². The monoisotopic (exact) mass is 294 g/mol. The molecule has 0 spiro atoms. The van der Waals surface area contributed by atoms with E-state index >= 15 is 0 Å². The van der Waals surface area contributed by atoms with Crippen molar-refractivity contribution in [1.29, 1.82) is 0 Å². The van der Waals surface area contributed by atoms with Crippen LogP contribution in [0.2, 0.25) is 5.02 Å². The average Bonchev–Trinajstić information content (AvgIpc) is 2.89. The van der Waals surface area contributed by atoms with Crippen LogP contribution in [0.3, 0.4) is 0 Å². The summed E-state index contributed by atoms with van der Waals surface area (Å²) in [6, 6.07) is 7.69. The molecule has 19 heavy (non-hydrogen) atoms. The molecule has 2 rings (SSSR count). The van der Waals surface area contributed by atoms with Crippen molar-refractivity contribution in [3.63, 3.8) is 0 Å². The summed E-state index contributed by atoms with van der Waals surface area (Å²) in [4.78, 5) is 8.63. The molecule has 1 aromatic heterocycles. The lowest BCUT2D eigenvalue weighted by Crippen LogP contribution is -2.33. The molecular formula is C13H15ClN4S. The van der Waals surface area contributed by atoms with E-state index in [9.17, 15) is 0 Å². The van der Waals surface area contributed by atoms with Gasteiger partial charge in [-0.3, -0.25) is 4.99 Å². The maximum atomic E-state index is 5.87. The number of aromatic nitrogens is 1. The van der Waals surface area contributed by atoms with Crippen molar-refractivity contribution >= 4 is 28.9 Å². The first-order valence-electron chi connectivity index (χ1n) is 5.81. The van der Waals surface area contributed by atoms with Crippen LogP contribution in [0.25, 0.3) is 11.3 Å². The Morgan fingerprint density at radius 3 is 2.74 bits per heavy atom. The molecule has 0 bridgehead atoms. The van der Waals surface area contributed by atoms with E-state index in [0.29, 0.717) is 6.54 Å². The van der Waals surface area contributed by atoms with E-state index in [4.69, 9.17) is 11.6 Å². The van der Waals surface area contributed by atoms with Gasteiger partial charge in [0, 0.05) is 30.1 Å². The fourth-order valence-corrected chi connectivity index (χ4v) is 2.45. The zero-order chi connectivity index (χ0) is 13.7. The molecule has 0 saturated heterocycles. The van der Waals surface area contributed by atoms with E-state index in [1.807, 2.05) is 36.7 Å². The molecule has 4 nitrogen and oxygen atoms in total. The predicted octanol–water partition coefficient (Wildman–Crippen LogP) is 2.76. The molecule has 0 unspecified atom stereocenters. The second-order valence-electron chi connectivity index (χ2n) is 3.81. The van der Waals surface area contributed by atoms with Crippen molar-refractivity contribution in [3.05, 3.63) is 39.7 Å². The quantitative estimate of drug-likeness (QED) is 0.676. The Balaban J connectivity index is 2.05. The highest BCUT2D eigenvalue weighted by Crippen LogP contribution is 2.23. The van der Waals surface area contributed by atoms with Crippen molar-refractivity contribution in [2.45, 2.75) is 6.54 Å². The summed E-state index contributed by atoms with van der Waals surface area (Å²) in [6.07, 6.45) is 0. The Hall–Kier alpha value is -1.59. The van der Waals surface area contributed by atoms with Gasteiger partial charge in [0.2, 0.25) is 0 Å². The van der Waals surface area contributed by atoms with Gasteiger partial charge in [0.15, 0.2) is 5.96 Å². The van der Waals surface area contributed by atoms with Gasteiger partial charge in [-0.15, -0.1) is 11.3 Å². The highest BCUT2D eigenvalue weighted by Gasteiger charge is 2.05. The smallest absolute Gasteiger partial charge is 0.191 e. The van der Waals surface area contributed by atoms with E-state index in [2.05, 4.69) is 20.6 Å². The lowest BCUT2D eigenvalue weighted by atomic mass is 10.2. The summed E-state index contributed by atoms with van der Waals surface area (Å²) in [5.41, 5.74) is 2.04. The standard InChI is InChI=1S/C13H15ClN4S/c1-15-13(16-2)17-7-12-18-11(8-19-12)9-3-5-10(14)6-4-9/h3-6,8H,7H2,1-2H3,(H2,15,16,17). The molecule has 2 aromatic rings. The van der Waals surface area contributed by atoms with Crippen molar-refractivity contribution in [1.82, 2.24) is 15.6 Å². The Kier molecular flexibility index (Phi) is 4.76. The van der Waals surface area contributed by atoms with Crippen molar-refractivity contribution in [3.8, 4) is 11.3 Å². The number of hydrogen-bond acceptors (Lipinski definition) is 3. The summed E-state index contributed by atoms with van der Waals surface area (Å²) in [7, 11) is 3.57. The lowest BCUT2D eigenvalue weighted by Gasteiger charge is -2.05. The molecule has 0 aliphatic heterocycles. The number of thiazole rings is 1. The minimum Gasteiger partial charge on any atom is -0.359 e. The highest BCUT2D eigenvalue weighted by atomic mass is 35.5. The second-order valence-corrected chi connectivity index (χ2v) is 5.19. The van der Waals surface area contributed by atoms with Crippen LogP contribution in [0.4, 0.5) is 0 Å². The second kappa shape index (κ2) is 6.54. The van der Waals surface area contributed by atoms with Crippen molar-refractivity contribution in [2.75, 3.05) is 14.1 Å². The van der Waals surface area contributed by atoms with Crippen LogP contribution in [-0.4, -0.2) is 25.0 Å². The Morgan fingerprint density at radius 1 is 1.37 bits per heavy atom. The number of rotatable bonds is 3. The zero-order valence-electron chi connectivity index (χ0n) is 10.8. The number of benzene rings is 1. The number of halogens is 1. The largest absolute Gasteiger partial charge is 0.359 e. The number of aliphatic imine (C=N–C) groups is 1. The van der Waals surface area contributed by atoms with Crippen molar-refractivity contribution < 1.29 is 0 Å². The number of hydrogen-bond donors (Lipinski definition) is 2. The van der Waals surface area contributed by atoms with Crippen LogP contribution in [0, 0.1) is 0 Å². The van der Waals surface area contributed by atoms with Gasteiger partial charge in [0.05, 0.1) is 12.2 Å². The summed E-state index contributed by atoms with van der Waals surface area (Å²) >= 11 is 7.50. The molecular weight excluding hydrogens is 280 g/mol. The molecule has 1 heterocycles. The Morgan fingerprint density at radius 2 is 2.11 bits per heavy atom. The maximum absolute atomic E-state index is 5.87. The summed E-state index contributed by atoms with van der Waals surface area (Å²) in [6.45, 7) is 0.659. The topological polar surface area (TPSA) is 49.3 Å². The predicted molar refractivity (Wildman–Crippen MR) is 81.8 cm³/mol. The normalized spacial score (nSPS) is 11.4. The molecule has 1 aromatic carbocycles. The fourth-order valence-electron chi connectivity index (χ4n) is 1.58. The molecule has 0 atom stereocenters. The Labute approximate surface area is 121 Å². The van der Waals surface area contributed by atoms with Crippen molar-refractivity contribution in [2.24, 2.45) is 4.99 Å². The van der Waals surface area contributed by atoms with Gasteiger partial charge >= 0.3 is 0 Å². The molecule has 0 fully saturated rings. The van der Waals surface area contributed by atoms with Crippen LogP contribution in [0.15, 0.2) is 34.6 Å². The number of guanidine groups is 1. The van der Waals surface area contributed by atoms with E-state index in [-0.39, 0.29) is 0 Å². The van der Waals surface area contributed by atoms with Crippen LogP contribution in [-0.2, 0) is 6.54 Å². The molecule has 0 radical (unpaired) electrons. The van der Waals surface area contributed by atoms with Gasteiger partial charge in [0.1, 0.15) is 5.01 Å². The third-order valence-corrected chi connectivity index (χ3v) is 3.66. The molecule has 0 aliphatic rings. The molecule has 6 heteroatoms. The fraction of sp³-hybridized carbons (Fsp3) is 0.231. The molecule has 2 N–H and O–H groups in total. The van der Waals surface area contributed by atoms with E-state index in [1.54, 1.807) is 18.4 Å². The minimum atomic E-state index is 0.659. The first-order chi connectivity index (χ1) is 9.22. The van der Waals surface area contributed by atoms with E-state index < -0.39 is 0 Å². The van der Waals surface area contributed by atoms with E-state index in [0.717, 1.165) is 27.2 Å². The molecule has 0 saturated carbocycles. The SMILES string of the molecule is CN=C(NC)NCc1nc(-c2ccc(Cl)cc2)cs1. The molecule has 0 amide bonds. The van der Waals surface area contributed by atoms with Gasteiger partial charge in [-0.2, -0.15) is 0 Å². The number of nitrogens with one attached hydrogen (secondary N) is 2. The van der Waals surface area contributed by atoms with Gasteiger partial charge in [-0.25, -0.2) is 4.98 Å². The van der Waals surface area contributed by atoms with Gasteiger partial charge in [-0.05, 0) is 12.1 Å². The first-order valence-corrected chi connectivity index (χ1v) is 7.07. The van der Waals surface area contributed by atoms with Gasteiger partial charge in [-0.1, -0.05) is 23.7 Å². The summed E-state index contributed by atoms with van der Waals surface area (Å²) < 4.78 is 0. The van der Waals surface area contributed by atoms with Crippen LogP contribution < -0.4 is 10.6 Å². The highest BCUT2D eigenvalue weighted by molar-refractivity contribution is 7.09. The lowest BCUT2D eigenvalue weighted by molar-refractivity contribution is 0.858. The average molecular weight is 295 g/mol. The van der Waals surface area contributed by atoms with E-state index in [1.165, 1.54) is 0 Å². The summed E-state index contributed by atoms with van der Waals surface area (Å²) in [5.74, 6) is 0.753. The summed E-state index contributed by atoms with van der Waals surface area (Å²) in [5, 5.41) is 9.94. The third kappa shape index (κ3) is 3.68. The molecule has 100 valence electrons. The van der Waals surface area contributed by atoms with Crippen LogP contribution in [0.1, 0.15) is 5.01 Å². The minimum absolute atomic E-state index is 0.659. The number of nitrogens with zero attached hydrogens (tertiary/aromatic N) is 2. The molecule has 0 aliphatic carbocycles.